The van der Waals surface area contributed by atoms with E-state index in [2.05, 4.69) is 5.32 Å². The number of hydrogen-bond acceptors (Lipinski definition) is 6. The minimum absolute atomic E-state index is 0.151. The number of benzene rings is 1. The van der Waals surface area contributed by atoms with Gasteiger partial charge in [0.05, 0.1) is 10.6 Å². The highest BCUT2D eigenvalue weighted by atomic mass is 32.2. The van der Waals surface area contributed by atoms with E-state index < -0.39 is 34.5 Å². The van der Waals surface area contributed by atoms with Crippen molar-refractivity contribution in [2.45, 2.75) is 11.0 Å². The summed E-state index contributed by atoms with van der Waals surface area (Å²) in [7, 11) is -4.02. The first-order chi connectivity index (χ1) is 9.79. The fraction of sp³-hybridized carbons (Fsp3) is 0.273. The minimum Gasteiger partial charge on any atom is -0.482 e. The highest BCUT2D eigenvalue weighted by molar-refractivity contribution is 7.89. The lowest BCUT2D eigenvalue weighted by Crippen LogP contribution is -2.36. The van der Waals surface area contributed by atoms with Crippen LogP contribution in [0.1, 0.15) is 0 Å². The molecule has 1 atom stereocenters. The third kappa shape index (κ3) is 3.48. The van der Waals surface area contributed by atoms with Gasteiger partial charge in [0.2, 0.25) is 10.0 Å². The number of rotatable bonds is 5. The highest BCUT2D eigenvalue weighted by Gasteiger charge is 2.22. The molecule has 0 aromatic heterocycles. The molecule has 0 radical (unpaired) electrons. The fourth-order valence-electron chi connectivity index (χ4n) is 1.59. The third-order valence-corrected chi connectivity index (χ3v) is 4.07. The number of fused-ring (bicyclic) bond motifs is 1. The Morgan fingerprint density at radius 1 is 1.48 bits per heavy atom. The van der Waals surface area contributed by atoms with Crippen LogP contribution < -0.4 is 14.8 Å². The summed E-state index contributed by atoms with van der Waals surface area (Å²) in [4.78, 5) is 21.4. The zero-order valence-electron chi connectivity index (χ0n) is 10.6. The number of hydrogen-bond donors (Lipinski definition) is 4. The summed E-state index contributed by atoms with van der Waals surface area (Å²) in [5, 5.41) is 20.0. The Hall–Kier alpha value is -2.17. The molecule has 1 aromatic rings. The Balaban J connectivity index is 2.19. The fourth-order valence-corrected chi connectivity index (χ4v) is 2.65. The number of anilines is 1. The molecule has 0 fully saturated rings. The number of aliphatic hydroxyl groups excluding tert-OH is 1. The molecule has 1 heterocycles. The first-order valence-electron chi connectivity index (χ1n) is 5.77. The molecule has 2 rings (SSSR count). The van der Waals surface area contributed by atoms with Gasteiger partial charge in [-0.15, -0.1) is 0 Å². The van der Waals surface area contributed by atoms with Gasteiger partial charge >= 0.3 is 5.97 Å². The molecule has 1 aliphatic rings. The predicted octanol–water partition coefficient (Wildman–Crippen LogP) is -1.26. The zero-order valence-corrected chi connectivity index (χ0v) is 11.4. The van der Waals surface area contributed by atoms with Crippen LogP contribution in [0, 0.1) is 0 Å². The second kappa shape index (κ2) is 5.68. The van der Waals surface area contributed by atoms with Gasteiger partial charge in [-0.1, -0.05) is 0 Å². The maximum absolute atomic E-state index is 12.0. The van der Waals surface area contributed by atoms with Crippen LogP contribution in [-0.4, -0.2) is 49.8 Å². The largest absolute Gasteiger partial charge is 0.482 e. The van der Waals surface area contributed by atoms with Crippen LogP contribution in [0.25, 0.3) is 0 Å². The lowest BCUT2D eigenvalue weighted by molar-refractivity contribution is -0.146. The average molecular weight is 316 g/mol. The number of carboxylic acids is 1. The second-order valence-corrected chi connectivity index (χ2v) is 5.97. The molecule has 9 nitrogen and oxygen atoms in total. The van der Waals surface area contributed by atoms with Crippen LogP contribution in [0.2, 0.25) is 0 Å². The number of nitrogens with one attached hydrogen (secondary N) is 2. The van der Waals surface area contributed by atoms with E-state index in [0.29, 0.717) is 5.75 Å². The van der Waals surface area contributed by atoms with Gasteiger partial charge in [-0.25, -0.2) is 17.9 Å². The Kier molecular flexibility index (Phi) is 4.11. The van der Waals surface area contributed by atoms with Crippen molar-refractivity contribution in [2.24, 2.45) is 0 Å². The van der Waals surface area contributed by atoms with Crippen LogP contribution in [-0.2, 0) is 19.6 Å². The van der Waals surface area contributed by atoms with E-state index >= 15 is 0 Å². The van der Waals surface area contributed by atoms with Gasteiger partial charge in [0, 0.05) is 6.54 Å². The van der Waals surface area contributed by atoms with Crippen LogP contribution in [0.3, 0.4) is 0 Å². The molecule has 0 aliphatic carbocycles. The van der Waals surface area contributed by atoms with Crippen LogP contribution in [0.5, 0.6) is 5.75 Å². The Morgan fingerprint density at radius 2 is 2.19 bits per heavy atom. The molecule has 1 unspecified atom stereocenters. The number of aliphatic carboxylic acids is 1. The predicted molar refractivity (Wildman–Crippen MR) is 69.4 cm³/mol. The first-order valence-corrected chi connectivity index (χ1v) is 7.25. The summed E-state index contributed by atoms with van der Waals surface area (Å²) < 4.78 is 31.0. The molecular weight excluding hydrogens is 304 g/mol. The second-order valence-electron chi connectivity index (χ2n) is 4.20. The van der Waals surface area contributed by atoms with Crippen molar-refractivity contribution < 1.29 is 33.0 Å². The average Bonchev–Trinajstić information content (AvgIpc) is 2.43. The summed E-state index contributed by atoms with van der Waals surface area (Å²) >= 11 is 0. The summed E-state index contributed by atoms with van der Waals surface area (Å²) in [5.74, 6) is -1.62. The SMILES string of the molecule is O=C1COc2ccc(S(=O)(=O)NCC(O)C(=O)O)cc2N1. The van der Waals surface area contributed by atoms with E-state index in [0.717, 1.165) is 0 Å². The molecule has 10 heteroatoms. The summed E-state index contributed by atoms with van der Waals surface area (Å²) in [6.45, 7) is -0.820. The van der Waals surface area contributed by atoms with E-state index in [9.17, 15) is 18.0 Å². The van der Waals surface area contributed by atoms with Gasteiger partial charge in [-0.05, 0) is 18.2 Å². The van der Waals surface area contributed by atoms with Crippen LogP contribution >= 0.6 is 0 Å². The monoisotopic (exact) mass is 316 g/mol. The maximum atomic E-state index is 12.0. The molecule has 1 aliphatic heterocycles. The normalized spacial score (nSPS) is 15.6. The van der Waals surface area contributed by atoms with Gasteiger partial charge in [0.15, 0.2) is 12.7 Å². The van der Waals surface area contributed by atoms with Crippen molar-refractivity contribution in [3.05, 3.63) is 18.2 Å². The summed E-state index contributed by atoms with van der Waals surface area (Å²) in [6.07, 6.45) is -1.85. The Labute approximate surface area is 119 Å². The third-order valence-electron chi connectivity index (χ3n) is 2.65. The quantitative estimate of drug-likeness (QED) is 0.531. The molecule has 0 saturated carbocycles. The van der Waals surface area contributed by atoms with Crippen molar-refractivity contribution in [1.82, 2.24) is 4.72 Å². The number of sulfonamides is 1. The summed E-state index contributed by atoms with van der Waals surface area (Å²) in [5.41, 5.74) is 0.202. The molecule has 0 bridgehead atoms. The van der Waals surface area contributed by atoms with Crippen molar-refractivity contribution in [2.75, 3.05) is 18.5 Å². The van der Waals surface area contributed by atoms with Gasteiger partial charge in [-0.3, -0.25) is 4.79 Å². The Morgan fingerprint density at radius 3 is 2.86 bits per heavy atom. The van der Waals surface area contributed by atoms with E-state index in [-0.39, 0.29) is 17.2 Å². The van der Waals surface area contributed by atoms with E-state index in [1.807, 2.05) is 4.72 Å². The Bertz CT molecular complexity index is 686. The first kappa shape index (κ1) is 15.2. The minimum atomic E-state index is -4.02. The number of carbonyl (C=O) groups is 2. The number of carbonyl (C=O) groups excluding carboxylic acids is 1. The number of ether oxygens (including phenoxy) is 1. The smallest absolute Gasteiger partial charge is 0.333 e. The molecule has 0 saturated heterocycles. The molecule has 114 valence electrons. The molecule has 0 spiro atoms. The van der Waals surface area contributed by atoms with Gasteiger partial charge < -0.3 is 20.3 Å². The lowest BCUT2D eigenvalue weighted by Gasteiger charge is -2.18. The van der Waals surface area contributed by atoms with E-state index in [4.69, 9.17) is 14.9 Å². The molecule has 4 N–H and O–H groups in total. The van der Waals surface area contributed by atoms with Crippen molar-refractivity contribution in [3.63, 3.8) is 0 Å². The van der Waals surface area contributed by atoms with E-state index in [1.165, 1.54) is 18.2 Å². The van der Waals surface area contributed by atoms with Crippen LogP contribution in [0.15, 0.2) is 23.1 Å². The maximum Gasteiger partial charge on any atom is 0.333 e. The van der Waals surface area contributed by atoms with Crippen LogP contribution in [0.4, 0.5) is 5.69 Å². The molecule has 1 aromatic carbocycles. The lowest BCUT2D eigenvalue weighted by atomic mass is 10.2. The van der Waals surface area contributed by atoms with E-state index in [1.54, 1.807) is 0 Å². The number of carboxylic acid groups (broad SMARTS) is 1. The van der Waals surface area contributed by atoms with Gasteiger partial charge in [0.25, 0.3) is 5.91 Å². The standard InChI is InChI=1S/C11H12N2O7S/c14-8(11(16)17)4-12-21(18,19)6-1-2-9-7(3-6)13-10(15)5-20-9/h1-3,8,12,14H,4-5H2,(H,13,15)(H,16,17). The number of aliphatic hydroxyl groups is 1. The van der Waals surface area contributed by atoms with Gasteiger partial charge in [0.1, 0.15) is 5.75 Å². The van der Waals surface area contributed by atoms with Crippen molar-refractivity contribution in [1.29, 1.82) is 0 Å². The number of amides is 1. The molecule has 21 heavy (non-hydrogen) atoms. The molecular formula is C11H12N2O7S. The van der Waals surface area contributed by atoms with Crippen molar-refractivity contribution in [3.8, 4) is 5.75 Å². The molecule has 1 amide bonds. The highest BCUT2D eigenvalue weighted by Crippen LogP contribution is 2.29. The zero-order chi connectivity index (χ0) is 15.6. The summed E-state index contributed by atoms with van der Waals surface area (Å²) in [6, 6.07) is 3.80. The topological polar surface area (TPSA) is 142 Å². The van der Waals surface area contributed by atoms with Gasteiger partial charge in [-0.2, -0.15) is 0 Å². The van der Waals surface area contributed by atoms with Crippen molar-refractivity contribution >= 4 is 27.6 Å².